The molecule has 0 bridgehead atoms. The summed E-state index contributed by atoms with van der Waals surface area (Å²) in [5.41, 5.74) is 1.60. The lowest BCUT2D eigenvalue weighted by atomic mass is 10.1. The number of aromatic nitrogens is 1. The second kappa shape index (κ2) is 8.55. The molecule has 2 aromatic carbocycles. The Morgan fingerprint density at radius 1 is 1.10 bits per heavy atom. The fraction of sp³-hybridized carbons (Fsp3) is 0.143. The molecule has 4 rings (SSSR count). The topological polar surface area (TPSA) is 79.4 Å². The SMILES string of the molecule is O=C(Nc1ncc(Cc2cc(Cl)ccc2Cl)s1)c1cccc(N2C(=O)CCC2=O)c1. The number of amides is 3. The number of hydrogen-bond donors (Lipinski definition) is 1. The molecule has 30 heavy (non-hydrogen) atoms. The van der Waals surface area contributed by atoms with Crippen LogP contribution < -0.4 is 10.2 Å². The smallest absolute Gasteiger partial charge is 0.257 e. The number of thiazole rings is 1. The van der Waals surface area contributed by atoms with E-state index in [0.717, 1.165) is 15.3 Å². The molecule has 1 N–H and O–H groups in total. The summed E-state index contributed by atoms with van der Waals surface area (Å²) in [5.74, 6) is -0.902. The minimum atomic E-state index is -0.377. The van der Waals surface area contributed by atoms with Gasteiger partial charge in [0.15, 0.2) is 5.13 Å². The van der Waals surface area contributed by atoms with E-state index < -0.39 is 0 Å². The van der Waals surface area contributed by atoms with E-state index >= 15 is 0 Å². The summed E-state index contributed by atoms with van der Waals surface area (Å²) in [6, 6.07) is 11.7. The number of carbonyl (C=O) groups is 3. The molecule has 0 unspecified atom stereocenters. The summed E-state index contributed by atoms with van der Waals surface area (Å²) in [4.78, 5) is 42.8. The molecular weight excluding hydrogens is 445 g/mol. The van der Waals surface area contributed by atoms with E-state index in [-0.39, 0.29) is 30.6 Å². The van der Waals surface area contributed by atoms with Crippen LogP contribution >= 0.6 is 34.5 Å². The van der Waals surface area contributed by atoms with Crippen LogP contribution in [0.3, 0.4) is 0 Å². The van der Waals surface area contributed by atoms with Crippen molar-refractivity contribution in [2.45, 2.75) is 19.3 Å². The van der Waals surface area contributed by atoms with E-state index in [1.54, 1.807) is 42.6 Å². The van der Waals surface area contributed by atoms with Gasteiger partial charge in [0.2, 0.25) is 11.8 Å². The Morgan fingerprint density at radius 3 is 2.63 bits per heavy atom. The summed E-state index contributed by atoms with van der Waals surface area (Å²) >= 11 is 13.6. The first kappa shape index (κ1) is 20.5. The Morgan fingerprint density at radius 2 is 1.87 bits per heavy atom. The molecule has 1 aromatic heterocycles. The van der Waals surface area contributed by atoms with Gasteiger partial charge in [-0.1, -0.05) is 29.3 Å². The molecule has 0 radical (unpaired) electrons. The number of rotatable bonds is 5. The number of nitrogens with one attached hydrogen (secondary N) is 1. The Labute approximate surface area is 186 Å². The molecule has 1 aliphatic rings. The quantitative estimate of drug-likeness (QED) is 0.547. The monoisotopic (exact) mass is 459 g/mol. The molecule has 152 valence electrons. The normalized spacial score (nSPS) is 13.7. The molecule has 3 aromatic rings. The predicted molar refractivity (Wildman–Crippen MR) is 118 cm³/mol. The number of halogens is 2. The first-order chi connectivity index (χ1) is 14.4. The highest BCUT2D eigenvalue weighted by Crippen LogP contribution is 2.28. The third-order valence-corrected chi connectivity index (χ3v) is 6.08. The lowest BCUT2D eigenvalue weighted by Gasteiger charge is -2.14. The molecule has 9 heteroatoms. The minimum Gasteiger partial charge on any atom is -0.298 e. The fourth-order valence-corrected chi connectivity index (χ4v) is 4.34. The Kier molecular flexibility index (Phi) is 5.85. The van der Waals surface area contributed by atoms with Crippen LogP contribution in [0.5, 0.6) is 0 Å². The zero-order chi connectivity index (χ0) is 21.3. The highest BCUT2D eigenvalue weighted by atomic mass is 35.5. The van der Waals surface area contributed by atoms with Crippen molar-refractivity contribution in [2.24, 2.45) is 0 Å². The minimum absolute atomic E-state index is 0.188. The number of imide groups is 1. The largest absolute Gasteiger partial charge is 0.298 e. The molecule has 1 aliphatic heterocycles. The van der Waals surface area contributed by atoms with Crippen molar-refractivity contribution < 1.29 is 14.4 Å². The molecule has 0 saturated carbocycles. The van der Waals surface area contributed by atoms with Gasteiger partial charge < -0.3 is 0 Å². The van der Waals surface area contributed by atoms with Gasteiger partial charge in [-0.2, -0.15) is 0 Å². The van der Waals surface area contributed by atoms with Crippen molar-refractivity contribution in [3.8, 4) is 0 Å². The summed E-state index contributed by atoms with van der Waals surface area (Å²) < 4.78 is 0. The van der Waals surface area contributed by atoms with Crippen molar-refractivity contribution in [3.63, 3.8) is 0 Å². The predicted octanol–water partition coefficient (Wildman–Crippen LogP) is 4.95. The van der Waals surface area contributed by atoms with Gasteiger partial charge in [-0.25, -0.2) is 4.98 Å². The molecule has 1 saturated heterocycles. The maximum atomic E-state index is 12.6. The lowest BCUT2D eigenvalue weighted by molar-refractivity contribution is -0.121. The van der Waals surface area contributed by atoms with Crippen molar-refractivity contribution in [3.05, 3.63) is 74.7 Å². The first-order valence-electron chi connectivity index (χ1n) is 9.06. The van der Waals surface area contributed by atoms with Crippen molar-refractivity contribution in [1.82, 2.24) is 4.98 Å². The maximum absolute atomic E-state index is 12.6. The fourth-order valence-electron chi connectivity index (χ4n) is 3.13. The van der Waals surface area contributed by atoms with Gasteiger partial charge in [0.1, 0.15) is 0 Å². The Bertz CT molecular complexity index is 1150. The third kappa shape index (κ3) is 4.38. The molecule has 2 heterocycles. The number of benzene rings is 2. The van der Waals surface area contributed by atoms with Crippen LogP contribution in [0.2, 0.25) is 10.0 Å². The van der Waals surface area contributed by atoms with E-state index in [9.17, 15) is 14.4 Å². The zero-order valence-electron chi connectivity index (χ0n) is 15.5. The van der Waals surface area contributed by atoms with Crippen LogP contribution in [-0.2, 0) is 16.0 Å². The summed E-state index contributed by atoms with van der Waals surface area (Å²) in [6.45, 7) is 0. The standard InChI is InChI=1S/C21H15Cl2N3O3S/c22-14-4-5-17(23)13(8-14)10-16-11-24-21(30-16)25-20(29)12-2-1-3-15(9-12)26-18(27)6-7-19(26)28/h1-5,8-9,11H,6-7,10H2,(H,24,25,29). The average Bonchev–Trinajstić information content (AvgIpc) is 3.30. The van der Waals surface area contributed by atoms with Crippen LogP contribution in [-0.4, -0.2) is 22.7 Å². The average molecular weight is 460 g/mol. The summed E-state index contributed by atoms with van der Waals surface area (Å²) in [5, 5.41) is 4.40. The van der Waals surface area contributed by atoms with Gasteiger partial charge in [0, 0.05) is 45.9 Å². The highest BCUT2D eigenvalue weighted by molar-refractivity contribution is 7.15. The van der Waals surface area contributed by atoms with Crippen LogP contribution in [0.4, 0.5) is 10.8 Å². The van der Waals surface area contributed by atoms with Gasteiger partial charge in [0.05, 0.1) is 5.69 Å². The van der Waals surface area contributed by atoms with E-state index in [1.807, 2.05) is 0 Å². The van der Waals surface area contributed by atoms with E-state index in [1.165, 1.54) is 17.4 Å². The van der Waals surface area contributed by atoms with Gasteiger partial charge >= 0.3 is 0 Å². The molecule has 0 atom stereocenters. The third-order valence-electron chi connectivity index (χ3n) is 4.56. The van der Waals surface area contributed by atoms with E-state index in [4.69, 9.17) is 23.2 Å². The molecule has 6 nitrogen and oxygen atoms in total. The first-order valence-corrected chi connectivity index (χ1v) is 10.6. The zero-order valence-corrected chi connectivity index (χ0v) is 17.9. The maximum Gasteiger partial charge on any atom is 0.257 e. The molecular formula is C21H15Cl2N3O3S. The Balaban J connectivity index is 1.47. The van der Waals surface area contributed by atoms with Gasteiger partial charge in [-0.3, -0.25) is 24.6 Å². The van der Waals surface area contributed by atoms with Crippen LogP contribution in [0.1, 0.15) is 33.6 Å². The second-order valence-electron chi connectivity index (χ2n) is 6.67. The highest BCUT2D eigenvalue weighted by Gasteiger charge is 2.30. The summed E-state index contributed by atoms with van der Waals surface area (Å²) in [7, 11) is 0. The van der Waals surface area contributed by atoms with Crippen molar-refractivity contribution in [2.75, 3.05) is 10.2 Å². The van der Waals surface area contributed by atoms with Gasteiger partial charge in [-0.05, 0) is 42.0 Å². The number of carbonyl (C=O) groups excluding carboxylic acids is 3. The van der Waals surface area contributed by atoms with Crippen molar-refractivity contribution >= 4 is 63.1 Å². The number of nitrogens with zero attached hydrogens (tertiary/aromatic N) is 2. The second-order valence-corrected chi connectivity index (χ2v) is 8.63. The number of anilines is 2. The van der Waals surface area contributed by atoms with Crippen LogP contribution in [0, 0.1) is 0 Å². The van der Waals surface area contributed by atoms with Crippen LogP contribution in [0.15, 0.2) is 48.7 Å². The summed E-state index contributed by atoms with van der Waals surface area (Å²) in [6.07, 6.45) is 2.60. The van der Waals surface area contributed by atoms with Gasteiger partial charge in [-0.15, -0.1) is 11.3 Å². The lowest BCUT2D eigenvalue weighted by Crippen LogP contribution is -2.28. The van der Waals surface area contributed by atoms with E-state index in [2.05, 4.69) is 10.3 Å². The van der Waals surface area contributed by atoms with E-state index in [0.29, 0.717) is 32.8 Å². The molecule has 0 aliphatic carbocycles. The molecule has 1 fully saturated rings. The Hall–Kier alpha value is -2.74. The molecule has 0 spiro atoms. The molecule has 3 amide bonds. The number of hydrogen-bond acceptors (Lipinski definition) is 5. The van der Waals surface area contributed by atoms with Gasteiger partial charge in [0.25, 0.3) is 5.91 Å². The van der Waals surface area contributed by atoms with Crippen molar-refractivity contribution in [1.29, 1.82) is 0 Å². The van der Waals surface area contributed by atoms with Crippen LogP contribution in [0.25, 0.3) is 0 Å².